The summed E-state index contributed by atoms with van der Waals surface area (Å²) in [6.45, 7) is 5.23. The smallest absolute Gasteiger partial charge is 0.325 e. The third kappa shape index (κ3) is 5.07. The van der Waals surface area contributed by atoms with Gasteiger partial charge in [-0.25, -0.2) is 4.79 Å². The van der Waals surface area contributed by atoms with Gasteiger partial charge in [0.2, 0.25) is 5.91 Å². The average molecular weight is 491 g/mol. The lowest BCUT2D eigenvalue weighted by atomic mass is 9.99. The summed E-state index contributed by atoms with van der Waals surface area (Å²) in [5.41, 5.74) is 0.0324. The number of rotatable bonds is 8. The number of aryl methyl sites for hydroxylation is 1. The maximum Gasteiger partial charge on any atom is 0.325 e. The first-order valence-corrected chi connectivity index (χ1v) is 11.3. The van der Waals surface area contributed by atoms with Gasteiger partial charge in [0.25, 0.3) is 11.8 Å². The molecule has 0 bridgehead atoms. The van der Waals surface area contributed by atoms with E-state index in [0.717, 1.165) is 4.90 Å². The number of urea groups is 1. The highest BCUT2D eigenvalue weighted by molar-refractivity contribution is 6.10. The van der Waals surface area contributed by atoms with Crippen LogP contribution in [0.4, 0.5) is 16.2 Å². The molecule has 1 fully saturated rings. The van der Waals surface area contributed by atoms with Crippen LogP contribution >= 0.6 is 0 Å². The van der Waals surface area contributed by atoms with Gasteiger partial charge in [-0.2, -0.15) is 0 Å². The van der Waals surface area contributed by atoms with E-state index in [1.807, 2.05) is 6.92 Å². The molecule has 0 spiro atoms. The molecule has 10 nitrogen and oxygen atoms in total. The lowest BCUT2D eigenvalue weighted by Crippen LogP contribution is -2.41. The van der Waals surface area contributed by atoms with Gasteiger partial charge < -0.3 is 25.1 Å². The second kappa shape index (κ2) is 9.95. The van der Waals surface area contributed by atoms with E-state index < -0.39 is 29.9 Å². The molecule has 0 saturated carbocycles. The molecule has 3 N–H and O–H groups in total. The van der Waals surface area contributed by atoms with Crippen LogP contribution in [0.3, 0.4) is 0 Å². The van der Waals surface area contributed by atoms with Gasteiger partial charge in [0.1, 0.15) is 23.8 Å². The summed E-state index contributed by atoms with van der Waals surface area (Å²) in [6.07, 6.45) is 0. The fraction of sp³-hybridized carbons (Fsp3) is 0.231. The third-order valence-electron chi connectivity index (χ3n) is 5.66. The molecule has 2 aromatic carbocycles. The largest absolute Gasteiger partial charge is 0.494 e. The van der Waals surface area contributed by atoms with Crippen LogP contribution < -0.4 is 20.7 Å². The highest BCUT2D eigenvalue weighted by Gasteiger charge is 2.51. The lowest BCUT2D eigenvalue weighted by molar-refractivity contribution is -0.134. The fourth-order valence-corrected chi connectivity index (χ4v) is 3.76. The Hall–Kier alpha value is -4.60. The zero-order valence-corrected chi connectivity index (χ0v) is 20.1. The topological polar surface area (TPSA) is 130 Å². The first-order valence-electron chi connectivity index (χ1n) is 11.3. The first kappa shape index (κ1) is 24.5. The summed E-state index contributed by atoms with van der Waals surface area (Å²) in [4.78, 5) is 51.2. The Kier molecular flexibility index (Phi) is 6.77. The van der Waals surface area contributed by atoms with Crippen LogP contribution in [-0.4, -0.2) is 41.8 Å². The van der Waals surface area contributed by atoms with Crippen LogP contribution in [0, 0.1) is 6.92 Å². The molecular formula is C26H26N4O6. The maximum absolute atomic E-state index is 12.9. The van der Waals surface area contributed by atoms with Gasteiger partial charge in [-0.15, -0.1) is 0 Å². The zero-order valence-electron chi connectivity index (χ0n) is 20.1. The number of imide groups is 1. The van der Waals surface area contributed by atoms with Gasteiger partial charge in [-0.05, 0) is 81.4 Å². The van der Waals surface area contributed by atoms with Crippen molar-refractivity contribution in [2.75, 3.05) is 23.8 Å². The molecule has 186 valence electrons. The molecule has 3 aromatic rings. The second-order valence-corrected chi connectivity index (χ2v) is 8.39. The summed E-state index contributed by atoms with van der Waals surface area (Å²) in [5, 5.41) is 8.01. The number of anilines is 2. The summed E-state index contributed by atoms with van der Waals surface area (Å²) >= 11 is 0. The van der Waals surface area contributed by atoms with E-state index in [2.05, 4.69) is 16.0 Å². The molecule has 1 unspecified atom stereocenters. The Morgan fingerprint density at radius 2 is 1.61 bits per heavy atom. The first-order chi connectivity index (χ1) is 17.2. The highest BCUT2D eigenvalue weighted by Crippen LogP contribution is 2.30. The minimum Gasteiger partial charge on any atom is -0.494 e. The van der Waals surface area contributed by atoms with Crippen LogP contribution in [0.1, 0.15) is 35.7 Å². The molecule has 10 heteroatoms. The molecule has 1 aliphatic heterocycles. The molecule has 1 aliphatic rings. The van der Waals surface area contributed by atoms with Gasteiger partial charge >= 0.3 is 6.03 Å². The molecule has 1 aromatic heterocycles. The number of nitrogens with zero attached hydrogens (tertiary/aromatic N) is 1. The van der Waals surface area contributed by atoms with Crippen LogP contribution in [0.2, 0.25) is 0 Å². The second-order valence-electron chi connectivity index (χ2n) is 8.39. The number of carbonyl (C=O) groups is 4. The quantitative estimate of drug-likeness (QED) is 0.413. The Balaban J connectivity index is 1.34. The van der Waals surface area contributed by atoms with Gasteiger partial charge in [0.15, 0.2) is 5.54 Å². The van der Waals surface area contributed by atoms with Crippen molar-refractivity contribution in [2.24, 2.45) is 0 Å². The van der Waals surface area contributed by atoms with Gasteiger partial charge in [0, 0.05) is 16.9 Å². The number of amides is 5. The number of furan rings is 1. The molecule has 0 aliphatic carbocycles. The zero-order chi connectivity index (χ0) is 25.9. The van der Waals surface area contributed by atoms with E-state index in [1.54, 1.807) is 67.6 Å². The van der Waals surface area contributed by atoms with E-state index in [-0.39, 0.29) is 5.91 Å². The molecule has 1 atom stereocenters. The van der Waals surface area contributed by atoms with Crippen LogP contribution in [-0.2, 0) is 15.1 Å². The van der Waals surface area contributed by atoms with Crippen molar-refractivity contribution in [1.29, 1.82) is 0 Å². The van der Waals surface area contributed by atoms with E-state index in [1.165, 1.54) is 6.92 Å². The predicted molar refractivity (Wildman–Crippen MR) is 132 cm³/mol. The third-order valence-corrected chi connectivity index (χ3v) is 5.66. The molecule has 2 heterocycles. The number of nitrogens with one attached hydrogen (secondary N) is 3. The van der Waals surface area contributed by atoms with Crippen molar-refractivity contribution in [3.05, 3.63) is 77.7 Å². The Bertz CT molecular complexity index is 1300. The van der Waals surface area contributed by atoms with Gasteiger partial charge in [-0.1, -0.05) is 0 Å². The summed E-state index contributed by atoms with van der Waals surface area (Å²) in [6, 6.07) is 15.9. The molecule has 4 rings (SSSR count). The maximum atomic E-state index is 12.9. The standard InChI is InChI=1S/C26H26N4O6/c1-4-35-20-12-10-19(11-13-20)28-23(32)17-6-8-18(9-7-17)27-22(31)15-30-24(33)26(3,29-25(30)34)21-14-5-16(2)36-21/h5-14H,4,15H2,1-3H3,(H,27,31)(H,28,32)(H,29,34). The van der Waals surface area contributed by atoms with Crippen molar-refractivity contribution < 1.29 is 28.3 Å². The predicted octanol–water partition coefficient (Wildman–Crippen LogP) is 3.64. The minimum atomic E-state index is -1.38. The molecule has 5 amide bonds. The van der Waals surface area contributed by atoms with E-state index in [9.17, 15) is 19.2 Å². The van der Waals surface area contributed by atoms with Crippen molar-refractivity contribution in [1.82, 2.24) is 10.2 Å². The monoisotopic (exact) mass is 490 g/mol. The molecule has 0 radical (unpaired) electrons. The Morgan fingerprint density at radius 3 is 2.22 bits per heavy atom. The van der Waals surface area contributed by atoms with E-state index >= 15 is 0 Å². The van der Waals surface area contributed by atoms with E-state index in [4.69, 9.17) is 9.15 Å². The van der Waals surface area contributed by atoms with E-state index in [0.29, 0.717) is 40.8 Å². The number of hydrogen-bond acceptors (Lipinski definition) is 6. The SMILES string of the molecule is CCOc1ccc(NC(=O)c2ccc(NC(=O)CN3C(=O)NC(C)(c4ccc(C)o4)C3=O)cc2)cc1. The average Bonchev–Trinajstić information content (AvgIpc) is 3.38. The van der Waals surface area contributed by atoms with Crippen molar-refractivity contribution in [3.8, 4) is 5.75 Å². The van der Waals surface area contributed by atoms with Crippen molar-refractivity contribution >= 4 is 35.1 Å². The number of ether oxygens (including phenoxy) is 1. The molecule has 36 heavy (non-hydrogen) atoms. The molecular weight excluding hydrogens is 464 g/mol. The minimum absolute atomic E-state index is 0.292. The summed E-state index contributed by atoms with van der Waals surface area (Å²) in [5.74, 6) is 0.137. The van der Waals surface area contributed by atoms with Crippen molar-refractivity contribution in [2.45, 2.75) is 26.3 Å². The molecule has 1 saturated heterocycles. The Labute approximate surface area is 207 Å². The Morgan fingerprint density at radius 1 is 0.972 bits per heavy atom. The summed E-state index contributed by atoms with van der Waals surface area (Å²) in [7, 11) is 0. The number of carbonyl (C=O) groups excluding carboxylic acids is 4. The van der Waals surface area contributed by atoms with Crippen LogP contribution in [0.15, 0.2) is 65.1 Å². The lowest BCUT2D eigenvalue weighted by Gasteiger charge is -2.19. The summed E-state index contributed by atoms with van der Waals surface area (Å²) < 4.78 is 10.9. The van der Waals surface area contributed by atoms with Crippen molar-refractivity contribution in [3.63, 3.8) is 0 Å². The normalized spacial score (nSPS) is 17.0. The highest BCUT2D eigenvalue weighted by atomic mass is 16.5. The number of hydrogen-bond donors (Lipinski definition) is 3. The van der Waals surface area contributed by atoms with Crippen LogP contribution in [0.25, 0.3) is 0 Å². The fourth-order valence-electron chi connectivity index (χ4n) is 3.76. The van der Waals surface area contributed by atoms with Crippen LogP contribution in [0.5, 0.6) is 5.75 Å². The van der Waals surface area contributed by atoms with Gasteiger partial charge in [0.05, 0.1) is 6.61 Å². The number of benzene rings is 2. The van der Waals surface area contributed by atoms with Gasteiger partial charge in [-0.3, -0.25) is 19.3 Å².